The molecule has 0 aliphatic carbocycles. The molecule has 1 aliphatic heterocycles. The Morgan fingerprint density at radius 3 is 3.16 bits per heavy atom. The van der Waals surface area contributed by atoms with Gasteiger partial charge in [0.2, 0.25) is 0 Å². The van der Waals surface area contributed by atoms with Crippen molar-refractivity contribution in [1.29, 1.82) is 0 Å². The average Bonchev–Trinajstić information content (AvgIpc) is 2.43. The molecule has 1 unspecified atom stereocenters. The summed E-state index contributed by atoms with van der Waals surface area (Å²) in [4.78, 5) is 6.72. The number of anilines is 1. The van der Waals surface area contributed by atoms with Gasteiger partial charge in [-0.2, -0.15) is 0 Å². The topological polar surface area (TPSA) is 57.6 Å². The molecule has 2 N–H and O–H groups in total. The van der Waals surface area contributed by atoms with Crippen LogP contribution < -0.4 is 5.32 Å². The zero-order valence-electron chi connectivity index (χ0n) is 11.1. The monoisotopic (exact) mass is 285 g/mol. The molecule has 1 aromatic heterocycles. The van der Waals surface area contributed by atoms with E-state index in [9.17, 15) is 0 Å². The molecule has 0 radical (unpaired) electrons. The first-order chi connectivity index (χ1) is 9.22. The van der Waals surface area contributed by atoms with Gasteiger partial charge in [-0.05, 0) is 19.1 Å². The van der Waals surface area contributed by atoms with Crippen LogP contribution in [0.3, 0.4) is 0 Å². The van der Waals surface area contributed by atoms with Gasteiger partial charge in [-0.15, -0.1) is 0 Å². The third-order valence-corrected chi connectivity index (χ3v) is 3.42. The molecule has 2 rings (SSSR count). The highest BCUT2D eigenvalue weighted by molar-refractivity contribution is 6.31. The molecular weight excluding hydrogens is 266 g/mol. The lowest BCUT2D eigenvalue weighted by molar-refractivity contribution is -0.0553. The summed E-state index contributed by atoms with van der Waals surface area (Å²) in [7, 11) is 0. The van der Waals surface area contributed by atoms with Gasteiger partial charge in [0.25, 0.3) is 0 Å². The summed E-state index contributed by atoms with van der Waals surface area (Å²) in [5.74, 6) is 0.842. The van der Waals surface area contributed by atoms with Gasteiger partial charge >= 0.3 is 0 Å². The smallest absolute Gasteiger partial charge is 0.126 e. The fraction of sp³-hybridized carbons (Fsp3) is 0.615. The molecule has 106 valence electrons. The van der Waals surface area contributed by atoms with Crippen LogP contribution in [0.5, 0.6) is 0 Å². The number of ether oxygens (including phenoxy) is 1. The number of hydrogen-bond donors (Lipinski definition) is 2. The Morgan fingerprint density at radius 1 is 1.58 bits per heavy atom. The molecule has 1 atom stereocenters. The van der Waals surface area contributed by atoms with E-state index in [4.69, 9.17) is 21.4 Å². The van der Waals surface area contributed by atoms with Gasteiger partial charge in [0, 0.05) is 26.2 Å². The molecular formula is C13H20ClN3O2. The number of rotatable bonds is 5. The molecule has 0 amide bonds. The fourth-order valence-electron chi connectivity index (χ4n) is 2.12. The molecule has 0 saturated carbocycles. The van der Waals surface area contributed by atoms with Gasteiger partial charge in [0.05, 0.1) is 30.0 Å². The molecule has 2 heterocycles. The van der Waals surface area contributed by atoms with Gasteiger partial charge in [0.1, 0.15) is 5.82 Å². The maximum absolute atomic E-state index is 9.14. The summed E-state index contributed by atoms with van der Waals surface area (Å²) in [6, 6.07) is 3.75. The minimum Gasteiger partial charge on any atom is -0.394 e. The van der Waals surface area contributed by atoms with Gasteiger partial charge in [0.15, 0.2) is 0 Å². The van der Waals surface area contributed by atoms with Crippen molar-refractivity contribution in [3.8, 4) is 0 Å². The summed E-state index contributed by atoms with van der Waals surface area (Å²) in [5.41, 5.74) is 0.860. The number of hydrogen-bond acceptors (Lipinski definition) is 5. The lowest BCUT2D eigenvalue weighted by atomic mass is 10.2. The van der Waals surface area contributed by atoms with Crippen molar-refractivity contribution in [2.45, 2.75) is 19.6 Å². The molecule has 1 saturated heterocycles. The quantitative estimate of drug-likeness (QED) is 0.855. The van der Waals surface area contributed by atoms with Crippen LogP contribution in [-0.2, 0) is 11.3 Å². The number of nitrogens with zero attached hydrogens (tertiary/aromatic N) is 2. The summed E-state index contributed by atoms with van der Waals surface area (Å²) in [5, 5.41) is 13.0. The summed E-state index contributed by atoms with van der Waals surface area (Å²) >= 11 is 6.19. The van der Waals surface area contributed by atoms with Crippen LogP contribution in [-0.4, -0.2) is 53.9 Å². The molecule has 1 aliphatic rings. The van der Waals surface area contributed by atoms with Crippen molar-refractivity contribution in [2.75, 3.05) is 38.2 Å². The van der Waals surface area contributed by atoms with Crippen LogP contribution in [0.15, 0.2) is 12.1 Å². The van der Waals surface area contributed by atoms with E-state index >= 15 is 0 Å². The van der Waals surface area contributed by atoms with Crippen molar-refractivity contribution in [2.24, 2.45) is 0 Å². The minimum absolute atomic E-state index is 0.0507. The van der Waals surface area contributed by atoms with Crippen molar-refractivity contribution >= 4 is 17.4 Å². The second-order valence-electron chi connectivity index (χ2n) is 4.57. The Morgan fingerprint density at radius 2 is 2.42 bits per heavy atom. The summed E-state index contributed by atoms with van der Waals surface area (Å²) in [6.07, 6.45) is -0.107. The highest BCUT2D eigenvalue weighted by atomic mass is 35.5. The van der Waals surface area contributed by atoms with E-state index in [1.54, 1.807) is 0 Å². The van der Waals surface area contributed by atoms with E-state index < -0.39 is 0 Å². The van der Waals surface area contributed by atoms with E-state index in [1.165, 1.54) is 0 Å². The predicted molar refractivity (Wildman–Crippen MR) is 75.5 cm³/mol. The standard InChI is InChI=1S/C13H20ClN3O2/c1-2-15-13-4-3-11(14)12(16-13)8-17-5-6-19-10(7-17)9-18/h3-4,10,18H,2,5-9H2,1H3,(H,15,16). The van der Waals surface area contributed by atoms with E-state index in [-0.39, 0.29) is 12.7 Å². The Balaban J connectivity index is 2.03. The zero-order chi connectivity index (χ0) is 13.7. The van der Waals surface area contributed by atoms with Crippen LogP contribution in [0.25, 0.3) is 0 Å². The molecule has 5 nitrogen and oxygen atoms in total. The number of aliphatic hydroxyl groups is 1. The second kappa shape index (κ2) is 7.05. The Hall–Kier alpha value is -0.880. The SMILES string of the molecule is CCNc1ccc(Cl)c(CN2CCOC(CO)C2)n1. The number of aliphatic hydroxyl groups excluding tert-OH is 1. The van der Waals surface area contributed by atoms with Gasteiger partial charge < -0.3 is 15.2 Å². The Kier molecular flexibility index (Phi) is 5.39. The zero-order valence-corrected chi connectivity index (χ0v) is 11.9. The first-order valence-electron chi connectivity index (χ1n) is 6.57. The minimum atomic E-state index is -0.107. The van der Waals surface area contributed by atoms with E-state index in [2.05, 4.69) is 15.2 Å². The molecule has 1 fully saturated rings. The predicted octanol–water partition coefficient (Wildman–Crippen LogP) is 1.36. The maximum atomic E-state index is 9.14. The number of aromatic nitrogens is 1. The van der Waals surface area contributed by atoms with Crippen LogP contribution in [0, 0.1) is 0 Å². The number of morpholine rings is 1. The van der Waals surface area contributed by atoms with E-state index in [1.807, 2.05) is 19.1 Å². The van der Waals surface area contributed by atoms with Crippen molar-refractivity contribution in [1.82, 2.24) is 9.88 Å². The largest absolute Gasteiger partial charge is 0.394 e. The summed E-state index contributed by atoms with van der Waals surface area (Å²) < 4.78 is 5.43. The van der Waals surface area contributed by atoms with Gasteiger partial charge in [-0.3, -0.25) is 4.90 Å². The first kappa shape index (κ1) is 14.5. The number of nitrogens with one attached hydrogen (secondary N) is 1. The first-order valence-corrected chi connectivity index (χ1v) is 6.94. The second-order valence-corrected chi connectivity index (χ2v) is 4.97. The van der Waals surface area contributed by atoms with Gasteiger partial charge in [-0.25, -0.2) is 4.98 Å². The molecule has 0 spiro atoms. The van der Waals surface area contributed by atoms with Crippen LogP contribution in [0.4, 0.5) is 5.82 Å². The maximum Gasteiger partial charge on any atom is 0.126 e. The molecule has 0 bridgehead atoms. The normalized spacial score (nSPS) is 20.5. The third-order valence-electron chi connectivity index (χ3n) is 3.08. The number of halogens is 1. The Bertz CT molecular complexity index is 417. The fourth-order valence-corrected chi connectivity index (χ4v) is 2.29. The lowest BCUT2D eigenvalue weighted by Crippen LogP contribution is -2.43. The molecule has 0 aromatic carbocycles. The highest BCUT2D eigenvalue weighted by Gasteiger charge is 2.20. The van der Waals surface area contributed by atoms with Crippen LogP contribution in [0.2, 0.25) is 5.02 Å². The average molecular weight is 286 g/mol. The van der Waals surface area contributed by atoms with Crippen LogP contribution >= 0.6 is 11.6 Å². The lowest BCUT2D eigenvalue weighted by Gasteiger charge is -2.31. The van der Waals surface area contributed by atoms with Crippen LogP contribution in [0.1, 0.15) is 12.6 Å². The van der Waals surface area contributed by atoms with E-state index in [0.717, 1.165) is 24.6 Å². The van der Waals surface area contributed by atoms with Gasteiger partial charge in [-0.1, -0.05) is 11.6 Å². The number of pyridine rings is 1. The third kappa shape index (κ3) is 4.04. The van der Waals surface area contributed by atoms with Crippen molar-refractivity contribution < 1.29 is 9.84 Å². The molecule has 6 heteroatoms. The highest BCUT2D eigenvalue weighted by Crippen LogP contribution is 2.19. The summed E-state index contributed by atoms with van der Waals surface area (Å²) in [6.45, 7) is 5.77. The van der Waals surface area contributed by atoms with Crippen molar-refractivity contribution in [3.05, 3.63) is 22.8 Å². The van der Waals surface area contributed by atoms with Crippen molar-refractivity contribution in [3.63, 3.8) is 0 Å². The van der Waals surface area contributed by atoms with E-state index in [0.29, 0.717) is 24.7 Å². The Labute approximate surface area is 118 Å². The molecule has 19 heavy (non-hydrogen) atoms. The molecule has 1 aromatic rings.